The van der Waals surface area contributed by atoms with Gasteiger partial charge >= 0.3 is 18.0 Å². The van der Waals surface area contributed by atoms with E-state index < -0.39 is 23.9 Å². The highest BCUT2D eigenvalue weighted by Crippen LogP contribution is 2.00. The number of carbonyl (C=O) groups excluding carboxylic acids is 4. The minimum absolute atomic E-state index is 0.0961. The van der Waals surface area contributed by atoms with Crippen LogP contribution in [0.15, 0.2) is 12.2 Å². The first-order valence-electron chi connectivity index (χ1n) is 5.13. The average molecular weight is 271 g/mol. The SMILES string of the molecule is CN1CNC(=O)N(OC(=O)C=CC(=O)NC(N)=O)C1. The van der Waals surface area contributed by atoms with Gasteiger partial charge in [0.25, 0.3) is 5.91 Å². The summed E-state index contributed by atoms with van der Waals surface area (Å²) >= 11 is 0. The van der Waals surface area contributed by atoms with Gasteiger partial charge in [0.05, 0.1) is 6.67 Å². The quantitative estimate of drug-likeness (QED) is 0.512. The zero-order chi connectivity index (χ0) is 14.4. The van der Waals surface area contributed by atoms with Crippen LogP contribution < -0.4 is 16.4 Å². The summed E-state index contributed by atoms with van der Waals surface area (Å²) in [6.45, 7) is 0.433. The zero-order valence-electron chi connectivity index (χ0n) is 10.1. The van der Waals surface area contributed by atoms with Crippen LogP contribution in [0.25, 0.3) is 0 Å². The van der Waals surface area contributed by atoms with Crippen LogP contribution in [-0.2, 0) is 14.4 Å². The maximum Gasteiger partial charge on any atom is 0.356 e. The first kappa shape index (κ1) is 14.4. The summed E-state index contributed by atoms with van der Waals surface area (Å²) in [5.41, 5.74) is 4.70. The molecule has 19 heavy (non-hydrogen) atoms. The number of carbonyl (C=O) groups is 4. The molecule has 0 aromatic heterocycles. The number of imide groups is 1. The molecule has 0 aromatic carbocycles. The molecule has 0 aromatic rings. The van der Waals surface area contributed by atoms with E-state index in [-0.39, 0.29) is 6.67 Å². The molecular formula is C9H13N5O5. The lowest BCUT2D eigenvalue weighted by molar-refractivity contribution is -0.180. The number of rotatable bonds is 3. The molecule has 0 atom stereocenters. The summed E-state index contributed by atoms with van der Waals surface area (Å²) in [6.07, 6.45) is 1.53. The second-order valence-electron chi connectivity index (χ2n) is 3.61. The van der Waals surface area contributed by atoms with Gasteiger partial charge in [-0.1, -0.05) is 0 Å². The van der Waals surface area contributed by atoms with E-state index in [2.05, 4.69) is 10.2 Å². The molecule has 1 heterocycles. The van der Waals surface area contributed by atoms with Crippen molar-refractivity contribution >= 4 is 23.9 Å². The molecule has 0 radical (unpaired) electrons. The van der Waals surface area contributed by atoms with Gasteiger partial charge in [0.15, 0.2) is 0 Å². The Bertz CT molecular complexity index is 435. The molecule has 0 spiro atoms. The van der Waals surface area contributed by atoms with Gasteiger partial charge < -0.3 is 15.9 Å². The van der Waals surface area contributed by atoms with Crippen molar-refractivity contribution in [1.82, 2.24) is 20.6 Å². The first-order valence-corrected chi connectivity index (χ1v) is 5.13. The van der Waals surface area contributed by atoms with E-state index in [1.807, 2.05) is 0 Å². The molecule has 5 amide bonds. The molecule has 10 heteroatoms. The van der Waals surface area contributed by atoms with E-state index in [0.29, 0.717) is 6.67 Å². The van der Waals surface area contributed by atoms with E-state index in [1.54, 1.807) is 17.3 Å². The van der Waals surface area contributed by atoms with E-state index in [4.69, 9.17) is 5.73 Å². The van der Waals surface area contributed by atoms with Gasteiger partial charge in [-0.2, -0.15) is 0 Å². The van der Waals surface area contributed by atoms with Crippen LogP contribution in [0.5, 0.6) is 0 Å². The summed E-state index contributed by atoms with van der Waals surface area (Å²) in [7, 11) is 1.70. The molecule has 1 aliphatic rings. The molecule has 4 N–H and O–H groups in total. The fourth-order valence-electron chi connectivity index (χ4n) is 1.14. The molecule has 0 unspecified atom stereocenters. The minimum Gasteiger partial charge on any atom is -0.351 e. The number of nitrogens with one attached hydrogen (secondary N) is 2. The Balaban J connectivity index is 2.46. The number of nitrogens with two attached hydrogens (primary N) is 1. The van der Waals surface area contributed by atoms with Crippen LogP contribution in [0.3, 0.4) is 0 Å². The Morgan fingerprint density at radius 1 is 1.42 bits per heavy atom. The Hall–Kier alpha value is -2.62. The number of hydrogen-bond acceptors (Lipinski definition) is 6. The molecule has 104 valence electrons. The summed E-state index contributed by atoms with van der Waals surface area (Å²) < 4.78 is 0. The van der Waals surface area contributed by atoms with Crippen molar-refractivity contribution in [2.24, 2.45) is 5.73 Å². The lowest BCUT2D eigenvalue weighted by atomic mass is 10.5. The van der Waals surface area contributed by atoms with Gasteiger partial charge in [-0.15, -0.1) is 5.06 Å². The molecule has 1 rings (SSSR count). The monoisotopic (exact) mass is 271 g/mol. The molecule has 0 saturated carbocycles. The van der Waals surface area contributed by atoms with Crippen LogP contribution >= 0.6 is 0 Å². The number of primary amides is 1. The number of nitrogens with zero attached hydrogens (tertiary/aromatic N) is 2. The van der Waals surface area contributed by atoms with Crippen LogP contribution in [-0.4, -0.2) is 54.3 Å². The van der Waals surface area contributed by atoms with Gasteiger partial charge in [-0.05, 0) is 7.05 Å². The normalized spacial score (nSPS) is 16.1. The third-order valence-corrected chi connectivity index (χ3v) is 1.91. The molecule has 0 bridgehead atoms. The maximum absolute atomic E-state index is 11.3. The number of amides is 5. The summed E-state index contributed by atoms with van der Waals surface area (Å²) in [5.74, 6) is -1.81. The van der Waals surface area contributed by atoms with Gasteiger partial charge in [-0.25, -0.2) is 14.4 Å². The van der Waals surface area contributed by atoms with E-state index in [1.165, 1.54) is 0 Å². The molecule has 0 aliphatic carbocycles. The van der Waals surface area contributed by atoms with E-state index in [9.17, 15) is 19.2 Å². The fraction of sp³-hybridized carbons (Fsp3) is 0.333. The topological polar surface area (TPSA) is 134 Å². The van der Waals surface area contributed by atoms with E-state index >= 15 is 0 Å². The molecule has 1 aliphatic heterocycles. The fourth-order valence-corrected chi connectivity index (χ4v) is 1.14. The van der Waals surface area contributed by atoms with Crippen LogP contribution in [0.2, 0.25) is 0 Å². The molecule has 10 nitrogen and oxygen atoms in total. The third kappa shape index (κ3) is 5.04. The van der Waals surface area contributed by atoms with Crippen molar-refractivity contribution in [3.8, 4) is 0 Å². The van der Waals surface area contributed by atoms with Crippen LogP contribution in [0.4, 0.5) is 9.59 Å². The smallest absolute Gasteiger partial charge is 0.351 e. The van der Waals surface area contributed by atoms with Crippen molar-refractivity contribution < 1.29 is 24.0 Å². The molecule has 1 saturated heterocycles. The second kappa shape index (κ2) is 6.35. The Morgan fingerprint density at radius 3 is 2.74 bits per heavy atom. The highest BCUT2D eigenvalue weighted by molar-refractivity contribution is 6.02. The van der Waals surface area contributed by atoms with Crippen molar-refractivity contribution in [2.45, 2.75) is 0 Å². The Labute approximate surface area is 108 Å². The summed E-state index contributed by atoms with van der Waals surface area (Å²) in [4.78, 5) is 50.3. The van der Waals surface area contributed by atoms with Gasteiger partial charge in [0.2, 0.25) is 0 Å². The highest BCUT2D eigenvalue weighted by atomic mass is 16.7. The summed E-state index contributed by atoms with van der Waals surface area (Å²) in [5, 5.41) is 4.96. The maximum atomic E-state index is 11.3. The van der Waals surface area contributed by atoms with Crippen LogP contribution in [0.1, 0.15) is 0 Å². The van der Waals surface area contributed by atoms with Gasteiger partial charge in [-0.3, -0.25) is 15.0 Å². The lowest BCUT2D eigenvalue weighted by Crippen LogP contribution is -2.55. The number of hydroxylamine groups is 2. The zero-order valence-corrected chi connectivity index (χ0v) is 10.1. The lowest BCUT2D eigenvalue weighted by Gasteiger charge is -2.31. The van der Waals surface area contributed by atoms with Gasteiger partial charge in [0, 0.05) is 12.2 Å². The van der Waals surface area contributed by atoms with E-state index in [0.717, 1.165) is 17.2 Å². The first-order chi connectivity index (χ1) is 8.88. The highest BCUT2D eigenvalue weighted by Gasteiger charge is 2.23. The summed E-state index contributed by atoms with van der Waals surface area (Å²) in [6, 6.07) is -1.61. The Morgan fingerprint density at radius 2 is 2.11 bits per heavy atom. The number of urea groups is 2. The minimum atomic E-state index is -1.04. The second-order valence-corrected chi connectivity index (χ2v) is 3.61. The average Bonchev–Trinajstić information content (AvgIpc) is 2.30. The van der Waals surface area contributed by atoms with Gasteiger partial charge in [0.1, 0.15) is 6.67 Å². The van der Waals surface area contributed by atoms with Crippen molar-refractivity contribution in [2.75, 3.05) is 20.4 Å². The van der Waals surface area contributed by atoms with Crippen molar-refractivity contribution in [3.05, 3.63) is 12.2 Å². The predicted octanol–water partition coefficient (Wildman–Crippen LogP) is -1.93. The Kier molecular flexibility index (Phi) is 4.83. The third-order valence-electron chi connectivity index (χ3n) is 1.91. The van der Waals surface area contributed by atoms with Crippen molar-refractivity contribution in [1.29, 1.82) is 0 Å². The van der Waals surface area contributed by atoms with Crippen molar-refractivity contribution in [3.63, 3.8) is 0 Å². The largest absolute Gasteiger partial charge is 0.356 e. The molecule has 1 fully saturated rings. The molecular weight excluding hydrogens is 258 g/mol. The number of hydrogen-bond donors (Lipinski definition) is 3. The van der Waals surface area contributed by atoms with Crippen LogP contribution in [0, 0.1) is 0 Å². The predicted molar refractivity (Wildman–Crippen MR) is 60.8 cm³/mol. The standard InChI is InChI=1S/C9H13N5O5/c1-13-4-11-9(18)14(5-13)19-7(16)3-2-6(15)12-8(10)17/h2-3H,4-5H2,1H3,(H,11,18)(H3,10,12,15,17).